The summed E-state index contributed by atoms with van der Waals surface area (Å²) in [4.78, 5) is 0. The molecule has 152 valence electrons. The summed E-state index contributed by atoms with van der Waals surface area (Å²) in [6.45, 7) is 0.562. The number of hydrogen-bond donors (Lipinski definition) is 1. The van der Waals surface area contributed by atoms with Crippen LogP contribution in [-0.2, 0) is 13.2 Å². The van der Waals surface area contributed by atoms with Crippen molar-refractivity contribution in [2.75, 3.05) is 12.4 Å². The molecule has 3 nitrogen and oxygen atoms in total. The molecule has 0 aliphatic carbocycles. The number of anilines is 1. The molecule has 0 amide bonds. The molecule has 1 N–H and O–H groups in total. The molecule has 0 radical (unpaired) electrons. The van der Waals surface area contributed by atoms with E-state index in [4.69, 9.17) is 44.3 Å². The molecule has 3 rings (SSSR count). The molecule has 0 heterocycles. The van der Waals surface area contributed by atoms with E-state index in [9.17, 15) is 4.39 Å². The molecule has 0 aliphatic rings. The maximum atomic E-state index is 13.3. The Morgan fingerprint density at radius 2 is 1.79 bits per heavy atom. The van der Waals surface area contributed by atoms with E-state index in [1.807, 2.05) is 6.07 Å². The van der Waals surface area contributed by atoms with Gasteiger partial charge in [0.15, 0.2) is 11.5 Å². The lowest BCUT2D eigenvalue weighted by Gasteiger charge is -2.18. The van der Waals surface area contributed by atoms with Crippen molar-refractivity contribution >= 4 is 56.4 Å². The molecule has 0 atom stereocenters. The normalized spacial score (nSPS) is 10.7. The summed E-state index contributed by atoms with van der Waals surface area (Å²) >= 11 is 21.9. The van der Waals surface area contributed by atoms with Crippen LogP contribution < -0.4 is 14.8 Å². The number of ether oxygens (including phenoxy) is 2. The number of rotatable bonds is 7. The lowest BCUT2D eigenvalue weighted by atomic mass is 10.1. The molecule has 0 bridgehead atoms. The number of hydrogen-bond acceptors (Lipinski definition) is 3. The largest absolute Gasteiger partial charge is 0.493 e. The van der Waals surface area contributed by atoms with Gasteiger partial charge in [-0.3, -0.25) is 0 Å². The average Bonchev–Trinajstić information content (AvgIpc) is 2.68. The average molecular weight is 520 g/mol. The summed E-state index contributed by atoms with van der Waals surface area (Å²) in [6, 6.07) is 13.1. The Bertz CT molecular complexity index is 1030. The predicted octanol–water partition coefficient (Wildman–Crippen LogP) is 7.75. The van der Waals surface area contributed by atoms with E-state index in [2.05, 4.69) is 21.2 Å². The Morgan fingerprint density at radius 3 is 2.48 bits per heavy atom. The lowest BCUT2D eigenvalue weighted by molar-refractivity contribution is 0.281. The van der Waals surface area contributed by atoms with Gasteiger partial charge in [0, 0.05) is 27.2 Å². The van der Waals surface area contributed by atoms with Gasteiger partial charge in [-0.1, -0.05) is 56.8 Å². The monoisotopic (exact) mass is 517 g/mol. The fourth-order valence-electron chi connectivity index (χ4n) is 2.67. The first-order valence-corrected chi connectivity index (χ1v) is 10.4. The molecular weight excluding hydrogens is 503 g/mol. The van der Waals surface area contributed by atoms with Crippen molar-refractivity contribution in [1.82, 2.24) is 0 Å². The van der Waals surface area contributed by atoms with Crippen LogP contribution in [0, 0.1) is 5.82 Å². The van der Waals surface area contributed by atoms with Gasteiger partial charge in [-0.15, -0.1) is 0 Å². The molecule has 0 aliphatic heterocycles. The summed E-state index contributed by atoms with van der Waals surface area (Å²) in [5.74, 6) is 0.703. The second-order valence-corrected chi connectivity index (χ2v) is 8.16. The van der Waals surface area contributed by atoms with Crippen LogP contribution in [0.15, 0.2) is 53.0 Å². The quantitative estimate of drug-likeness (QED) is 0.346. The first-order valence-electron chi connectivity index (χ1n) is 8.50. The van der Waals surface area contributed by atoms with Crippen molar-refractivity contribution in [3.63, 3.8) is 0 Å². The molecule has 8 heteroatoms. The van der Waals surface area contributed by atoms with Gasteiger partial charge >= 0.3 is 0 Å². The van der Waals surface area contributed by atoms with E-state index in [0.29, 0.717) is 38.7 Å². The minimum Gasteiger partial charge on any atom is -0.493 e. The first kappa shape index (κ1) is 22.0. The van der Waals surface area contributed by atoms with E-state index in [1.165, 1.54) is 12.1 Å². The zero-order chi connectivity index (χ0) is 21.0. The van der Waals surface area contributed by atoms with Crippen LogP contribution in [0.25, 0.3) is 0 Å². The minimum atomic E-state index is -0.400. The maximum absolute atomic E-state index is 13.3. The molecule has 3 aromatic carbocycles. The number of nitrogens with one attached hydrogen (secondary N) is 1. The van der Waals surface area contributed by atoms with Crippen LogP contribution in [-0.4, -0.2) is 7.11 Å². The number of halogens is 5. The van der Waals surface area contributed by atoms with E-state index in [-0.39, 0.29) is 6.61 Å². The predicted molar refractivity (Wildman–Crippen MR) is 120 cm³/mol. The van der Waals surface area contributed by atoms with Gasteiger partial charge in [0.25, 0.3) is 0 Å². The Hall–Kier alpha value is -1.66. The number of methoxy groups -OCH3 is 1. The molecular formula is C21H16BrCl3FNO2. The van der Waals surface area contributed by atoms with Gasteiger partial charge in [0.2, 0.25) is 0 Å². The fraction of sp³-hybridized carbons (Fsp3) is 0.143. The third-order valence-corrected chi connectivity index (χ3v) is 5.80. The van der Waals surface area contributed by atoms with Crippen molar-refractivity contribution in [1.29, 1.82) is 0 Å². The first-order chi connectivity index (χ1) is 13.9. The van der Waals surface area contributed by atoms with Crippen molar-refractivity contribution in [2.24, 2.45) is 0 Å². The second-order valence-electron chi connectivity index (χ2n) is 6.06. The van der Waals surface area contributed by atoms with Gasteiger partial charge in [0.05, 0.1) is 22.8 Å². The van der Waals surface area contributed by atoms with E-state index in [0.717, 1.165) is 15.7 Å². The van der Waals surface area contributed by atoms with Crippen LogP contribution in [0.5, 0.6) is 11.5 Å². The van der Waals surface area contributed by atoms with Crippen LogP contribution >= 0.6 is 50.7 Å². The van der Waals surface area contributed by atoms with Crippen LogP contribution in [0.3, 0.4) is 0 Å². The highest BCUT2D eigenvalue weighted by atomic mass is 79.9. The zero-order valence-electron chi connectivity index (χ0n) is 15.2. The molecule has 3 aromatic rings. The summed E-state index contributed by atoms with van der Waals surface area (Å²) < 4.78 is 25.6. The van der Waals surface area contributed by atoms with Crippen LogP contribution in [0.2, 0.25) is 15.1 Å². The van der Waals surface area contributed by atoms with E-state index in [1.54, 1.807) is 37.4 Å². The van der Waals surface area contributed by atoms with Crippen LogP contribution in [0.1, 0.15) is 11.1 Å². The third-order valence-electron chi connectivity index (χ3n) is 4.16. The van der Waals surface area contributed by atoms with Gasteiger partial charge in [-0.25, -0.2) is 4.39 Å². The van der Waals surface area contributed by atoms with Gasteiger partial charge in [-0.2, -0.15) is 0 Å². The zero-order valence-corrected chi connectivity index (χ0v) is 19.1. The molecule has 29 heavy (non-hydrogen) atoms. The van der Waals surface area contributed by atoms with Crippen molar-refractivity contribution in [3.8, 4) is 11.5 Å². The van der Waals surface area contributed by atoms with E-state index < -0.39 is 5.82 Å². The molecule has 0 aromatic heterocycles. The van der Waals surface area contributed by atoms with Crippen molar-refractivity contribution in [2.45, 2.75) is 13.2 Å². The van der Waals surface area contributed by atoms with Crippen LogP contribution in [0.4, 0.5) is 10.1 Å². The summed E-state index contributed by atoms with van der Waals surface area (Å²) in [6.07, 6.45) is 0. The second kappa shape index (κ2) is 9.90. The Morgan fingerprint density at radius 1 is 1.00 bits per heavy atom. The molecule has 0 spiro atoms. The minimum absolute atomic E-state index is 0.153. The number of benzene rings is 3. The van der Waals surface area contributed by atoms with Gasteiger partial charge < -0.3 is 14.8 Å². The Labute approximate surface area is 191 Å². The van der Waals surface area contributed by atoms with Crippen molar-refractivity contribution in [3.05, 3.63) is 85.0 Å². The standard InChI is InChI=1S/C21H16BrCl3FNO2/c1-28-20-7-5-16(22)15(10-27-19-6-3-13(23)8-18(19)25)21(20)29-11-12-2-4-14(26)9-17(12)24/h2-9,27H,10-11H2,1H3. The highest BCUT2D eigenvalue weighted by Crippen LogP contribution is 2.38. The smallest absolute Gasteiger partial charge is 0.167 e. The van der Waals surface area contributed by atoms with Gasteiger partial charge in [-0.05, 0) is 42.5 Å². The molecule has 0 saturated carbocycles. The van der Waals surface area contributed by atoms with Crippen molar-refractivity contribution < 1.29 is 13.9 Å². The summed E-state index contributed by atoms with van der Waals surface area (Å²) in [7, 11) is 1.56. The maximum Gasteiger partial charge on any atom is 0.167 e. The van der Waals surface area contributed by atoms with Gasteiger partial charge in [0.1, 0.15) is 12.4 Å². The SMILES string of the molecule is COc1ccc(Br)c(CNc2ccc(Cl)cc2Cl)c1OCc1ccc(F)cc1Cl. The highest BCUT2D eigenvalue weighted by molar-refractivity contribution is 9.10. The topological polar surface area (TPSA) is 30.5 Å². The molecule has 0 fully saturated rings. The summed E-state index contributed by atoms with van der Waals surface area (Å²) in [5, 5.41) is 4.64. The fourth-order valence-corrected chi connectivity index (χ4v) is 3.82. The highest BCUT2D eigenvalue weighted by Gasteiger charge is 2.16. The lowest BCUT2D eigenvalue weighted by Crippen LogP contribution is -2.07. The summed E-state index contributed by atoms with van der Waals surface area (Å²) in [5.41, 5.74) is 2.22. The van der Waals surface area contributed by atoms with E-state index >= 15 is 0 Å². The third kappa shape index (κ3) is 5.48. The Kier molecular flexibility index (Phi) is 7.52. The molecule has 0 saturated heterocycles. The Balaban J connectivity index is 1.86. The molecule has 0 unspecified atom stereocenters.